The molecule has 2 saturated carbocycles. The summed E-state index contributed by atoms with van der Waals surface area (Å²) in [6.07, 6.45) is 11.1. The van der Waals surface area contributed by atoms with E-state index in [1.807, 2.05) is 6.92 Å². The maximum Gasteiger partial charge on any atom is 0.223 e. The van der Waals surface area contributed by atoms with Gasteiger partial charge in [-0.2, -0.15) is 0 Å². The third-order valence-electron chi connectivity index (χ3n) is 7.06. The Balaban J connectivity index is 1.33. The molecular formula is C20H29NO4. The van der Waals surface area contributed by atoms with E-state index in [4.69, 9.17) is 25.5 Å². The number of nitrogens with zero attached hydrogens (tertiary/aromatic N) is 1. The molecule has 2 spiro atoms. The van der Waals surface area contributed by atoms with Gasteiger partial charge in [-0.05, 0) is 25.7 Å². The first kappa shape index (κ1) is 16.5. The molecule has 5 heteroatoms. The van der Waals surface area contributed by atoms with Crippen molar-refractivity contribution in [3.8, 4) is 0 Å². The summed E-state index contributed by atoms with van der Waals surface area (Å²) in [5.74, 6) is -0.347. The minimum Gasteiger partial charge on any atom is -0.369 e. The van der Waals surface area contributed by atoms with E-state index in [-0.39, 0.29) is 47.9 Å². The predicted molar refractivity (Wildman–Crippen MR) is 91.0 cm³/mol. The molecule has 0 radical (unpaired) electrons. The van der Waals surface area contributed by atoms with E-state index in [1.165, 1.54) is 19.3 Å². The summed E-state index contributed by atoms with van der Waals surface area (Å²) < 4.78 is 26.1. The first-order chi connectivity index (χ1) is 12.1. The zero-order valence-corrected chi connectivity index (χ0v) is 15.1. The lowest BCUT2D eigenvalue weighted by Gasteiger charge is -2.44. The Bertz CT molecular complexity index is 569. The summed E-state index contributed by atoms with van der Waals surface area (Å²) in [7, 11) is 0. The van der Waals surface area contributed by atoms with Crippen molar-refractivity contribution in [1.82, 2.24) is 0 Å². The molecule has 3 heterocycles. The van der Waals surface area contributed by atoms with Gasteiger partial charge in [-0.1, -0.05) is 6.42 Å². The average Bonchev–Trinajstić information content (AvgIpc) is 3.11. The van der Waals surface area contributed by atoms with Crippen LogP contribution in [0.4, 0.5) is 0 Å². The van der Waals surface area contributed by atoms with Crippen molar-refractivity contribution in [2.24, 2.45) is 0 Å². The second-order valence-electron chi connectivity index (χ2n) is 8.88. The van der Waals surface area contributed by atoms with E-state index in [0.29, 0.717) is 0 Å². The maximum absolute atomic E-state index is 7.23. The first-order valence-electron chi connectivity index (χ1n) is 10.2. The molecule has 0 aromatic carbocycles. The van der Waals surface area contributed by atoms with Gasteiger partial charge >= 0.3 is 0 Å². The van der Waals surface area contributed by atoms with Crippen LogP contribution in [0.5, 0.6) is 0 Å². The molecule has 5 rings (SSSR count). The van der Waals surface area contributed by atoms with E-state index in [2.05, 4.69) is 4.85 Å². The third-order valence-corrected chi connectivity index (χ3v) is 7.06. The van der Waals surface area contributed by atoms with Crippen LogP contribution >= 0.6 is 0 Å². The van der Waals surface area contributed by atoms with Gasteiger partial charge in [-0.25, -0.2) is 6.57 Å². The molecule has 2 bridgehead atoms. The van der Waals surface area contributed by atoms with Crippen LogP contribution in [0, 0.1) is 6.57 Å². The standard InChI is InChI=1S/C20H29NO4/c1-13(21-2)10-14-6-7-17-19(23-14)11-15(22-17)18-16(12-19)24-20(25-18)8-4-3-5-9-20/h13-18H,3-12H2,1H3/t13-,14?,15-,16-,17+,18?,19-/m1/s1. The van der Waals surface area contributed by atoms with Crippen molar-refractivity contribution in [2.75, 3.05) is 0 Å². The van der Waals surface area contributed by atoms with E-state index < -0.39 is 0 Å². The summed E-state index contributed by atoms with van der Waals surface area (Å²) in [4.78, 5) is 3.65. The molecule has 2 unspecified atom stereocenters. The summed E-state index contributed by atoms with van der Waals surface area (Å²) >= 11 is 0. The van der Waals surface area contributed by atoms with E-state index >= 15 is 0 Å². The van der Waals surface area contributed by atoms with Crippen molar-refractivity contribution in [1.29, 1.82) is 0 Å². The van der Waals surface area contributed by atoms with Crippen molar-refractivity contribution < 1.29 is 18.9 Å². The maximum atomic E-state index is 7.23. The Morgan fingerprint density at radius 2 is 1.84 bits per heavy atom. The van der Waals surface area contributed by atoms with Gasteiger partial charge in [0.1, 0.15) is 6.10 Å². The van der Waals surface area contributed by atoms with Gasteiger partial charge in [-0.15, -0.1) is 0 Å². The Labute approximate surface area is 150 Å². The molecule has 0 N–H and O–H groups in total. The molecule has 0 aromatic heterocycles. The van der Waals surface area contributed by atoms with Crippen LogP contribution in [0.3, 0.4) is 0 Å². The largest absolute Gasteiger partial charge is 0.369 e. The fraction of sp³-hybridized carbons (Fsp3) is 0.950. The van der Waals surface area contributed by atoms with Crippen molar-refractivity contribution in [2.45, 2.75) is 119 Å². The normalized spacial score (nSPS) is 48.6. The Hall–Kier alpha value is -0.670. The zero-order chi connectivity index (χ0) is 17.1. The predicted octanol–water partition coefficient (Wildman–Crippen LogP) is 3.61. The third kappa shape index (κ3) is 2.65. The second kappa shape index (κ2) is 5.92. The van der Waals surface area contributed by atoms with Crippen LogP contribution in [0.2, 0.25) is 0 Å². The molecule has 2 aliphatic carbocycles. The highest BCUT2D eigenvalue weighted by atomic mass is 16.8. The SMILES string of the molecule is [C-]#[N+][C@H](C)CC1CC[C@@H]2O[C@@H]3C[C@]2(C[C@H]2OC4(CCCCC4)OC32)O1. The van der Waals surface area contributed by atoms with Gasteiger partial charge in [0.2, 0.25) is 6.04 Å². The molecule has 0 aromatic rings. The van der Waals surface area contributed by atoms with Crippen LogP contribution in [0.25, 0.3) is 4.85 Å². The number of hydrogen-bond acceptors (Lipinski definition) is 4. The molecular weight excluding hydrogens is 318 g/mol. The molecule has 0 amide bonds. The van der Waals surface area contributed by atoms with Gasteiger partial charge in [-0.3, -0.25) is 0 Å². The molecule has 3 saturated heterocycles. The summed E-state index contributed by atoms with van der Waals surface area (Å²) in [6.45, 7) is 9.22. The fourth-order valence-corrected chi connectivity index (χ4v) is 5.93. The lowest BCUT2D eigenvalue weighted by molar-refractivity contribution is -0.215. The van der Waals surface area contributed by atoms with Crippen molar-refractivity contribution in [3.63, 3.8) is 0 Å². The number of fused-ring (bicyclic) bond motifs is 3. The molecule has 3 aliphatic heterocycles. The minimum absolute atomic E-state index is 0.0315. The van der Waals surface area contributed by atoms with E-state index in [1.54, 1.807) is 0 Å². The fourth-order valence-electron chi connectivity index (χ4n) is 5.93. The van der Waals surface area contributed by atoms with Crippen LogP contribution in [0.15, 0.2) is 0 Å². The van der Waals surface area contributed by atoms with Crippen LogP contribution in [-0.2, 0) is 18.9 Å². The minimum atomic E-state index is -0.347. The molecule has 5 aliphatic rings. The Morgan fingerprint density at radius 3 is 2.64 bits per heavy atom. The van der Waals surface area contributed by atoms with Crippen molar-refractivity contribution in [3.05, 3.63) is 11.4 Å². The molecule has 25 heavy (non-hydrogen) atoms. The quantitative estimate of drug-likeness (QED) is 0.716. The van der Waals surface area contributed by atoms with Crippen LogP contribution < -0.4 is 0 Å². The second-order valence-corrected chi connectivity index (χ2v) is 8.88. The average molecular weight is 347 g/mol. The highest BCUT2D eigenvalue weighted by Gasteiger charge is 2.65. The van der Waals surface area contributed by atoms with Crippen molar-refractivity contribution >= 4 is 0 Å². The number of rotatable bonds is 2. The lowest BCUT2D eigenvalue weighted by Crippen LogP contribution is -2.53. The van der Waals surface area contributed by atoms with E-state index in [0.717, 1.165) is 44.9 Å². The van der Waals surface area contributed by atoms with Gasteiger partial charge in [0.25, 0.3) is 0 Å². The molecule has 7 atom stereocenters. The monoisotopic (exact) mass is 347 g/mol. The smallest absolute Gasteiger partial charge is 0.223 e. The van der Waals surface area contributed by atoms with Gasteiger partial charge < -0.3 is 23.8 Å². The van der Waals surface area contributed by atoms with E-state index in [9.17, 15) is 0 Å². The van der Waals surface area contributed by atoms with Crippen LogP contribution in [0.1, 0.15) is 71.1 Å². The van der Waals surface area contributed by atoms with Gasteiger partial charge in [0.05, 0.1) is 30.0 Å². The number of ether oxygens (including phenoxy) is 4. The summed E-state index contributed by atoms with van der Waals surface area (Å²) in [5, 5.41) is 0. The Kier molecular flexibility index (Phi) is 3.91. The van der Waals surface area contributed by atoms with Gasteiger partial charge in [0.15, 0.2) is 5.79 Å². The lowest BCUT2D eigenvalue weighted by atomic mass is 9.76. The van der Waals surface area contributed by atoms with Crippen LogP contribution in [-0.4, -0.2) is 47.9 Å². The summed E-state index contributed by atoms with van der Waals surface area (Å²) in [6, 6.07) is 0.0315. The molecule has 5 fully saturated rings. The summed E-state index contributed by atoms with van der Waals surface area (Å²) in [5.41, 5.74) is -0.208. The number of hydrogen-bond donors (Lipinski definition) is 0. The highest BCUT2D eigenvalue weighted by molar-refractivity contribution is 5.12. The Morgan fingerprint density at radius 1 is 1.04 bits per heavy atom. The highest BCUT2D eigenvalue weighted by Crippen LogP contribution is 2.55. The molecule has 138 valence electrons. The topological polar surface area (TPSA) is 41.3 Å². The van der Waals surface area contributed by atoms with Gasteiger partial charge in [0, 0.05) is 39.0 Å². The first-order valence-corrected chi connectivity index (χ1v) is 10.2. The zero-order valence-electron chi connectivity index (χ0n) is 15.1. The molecule has 5 nitrogen and oxygen atoms in total.